The molecule has 158 valence electrons. The Balaban J connectivity index is 1.88. The summed E-state index contributed by atoms with van der Waals surface area (Å²) in [4.78, 5) is 12.1. The van der Waals surface area contributed by atoms with Crippen molar-refractivity contribution in [1.29, 1.82) is 0 Å². The maximum atomic E-state index is 12.1. The molecule has 3 rings (SSSR count). The number of esters is 1. The quantitative estimate of drug-likeness (QED) is 0.237. The number of hydrogen-bond donors (Lipinski definition) is 5. The van der Waals surface area contributed by atoms with E-state index in [0.29, 0.717) is 0 Å². The molecule has 0 saturated carbocycles. The molecule has 0 amide bonds. The van der Waals surface area contributed by atoms with E-state index in [4.69, 9.17) is 23.7 Å². The molecule has 0 spiro atoms. The Bertz CT molecular complexity index is 633. The molecule has 0 aromatic heterocycles. The predicted molar refractivity (Wildman–Crippen MR) is 88.2 cm³/mol. The minimum Gasteiger partial charge on any atom is -0.459 e. The highest BCUT2D eigenvalue weighted by molar-refractivity contribution is 5.91. The molecule has 1 saturated heterocycles. The smallest absolute Gasteiger partial charge is 0.339 e. The summed E-state index contributed by atoms with van der Waals surface area (Å²) in [7, 11) is 1.28. The highest BCUT2D eigenvalue weighted by Gasteiger charge is 2.50. The van der Waals surface area contributed by atoms with Gasteiger partial charge in [0.1, 0.15) is 37.1 Å². The molecule has 3 aliphatic rings. The molecule has 0 radical (unpaired) electrons. The van der Waals surface area contributed by atoms with Crippen molar-refractivity contribution in [3.05, 3.63) is 23.8 Å². The van der Waals surface area contributed by atoms with Crippen LogP contribution in [0.1, 0.15) is 0 Å². The van der Waals surface area contributed by atoms with E-state index in [1.54, 1.807) is 0 Å². The van der Waals surface area contributed by atoms with E-state index in [1.165, 1.54) is 13.2 Å². The van der Waals surface area contributed by atoms with Gasteiger partial charge in [-0.3, -0.25) is 0 Å². The SMILES string of the molecule is C=CC1C2=C(C(=O)OCC2O)C(OC)OC1OC1OC(CO)C(O)C(O)C1O. The highest BCUT2D eigenvalue weighted by atomic mass is 16.8. The van der Waals surface area contributed by atoms with Crippen molar-refractivity contribution in [3.63, 3.8) is 0 Å². The van der Waals surface area contributed by atoms with Crippen LogP contribution in [0.15, 0.2) is 23.8 Å². The van der Waals surface area contributed by atoms with E-state index in [2.05, 4.69) is 6.58 Å². The van der Waals surface area contributed by atoms with Gasteiger partial charge in [-0.15, -0.1) is 6.58 Å². The van der Waals surface area contributed by atoms with E-state index < -0.39 is 67.9 Å². The number of cyclic esters (lactones) is 1. The lowest BCUT2D eigenvalue weighted by atomic mass is 9.85. The van der Waals surface area contributed by atoms with Crippen LogP contribution in [0.25, 0.3) is 0 Å². The largest absolute Gasteiger partial charge is 0.459 e. The lowest BCUT2D eigenvalue weighted by Crippen LogP contribution is -2.60. The molecule has 9 unspecified atom stereocenters. The first-order valence-corrected chi connectivity index (χ1v) is 8.69. The lowest BCUT2D eigenvalue weighted by molar-refractivity contribution is -0.356. The lowest BCUT2D eigenvalue weighted by Gasteiger charge is -2.44. The third kappa shape index (κ3) is 3.61. The Kier molecular flexibility index (Phi) is 6.49. The van der Waals surface area contributed by atoms with E-state index >= 15 is 0 Å². The molecule has 0 aromatic carbocycles. The fraction of sp³-hybridized carbons (Fsp3) is 0.706. The Morgan fingerprint density at radius 1 is 1.14 bits per heavy atom. The topological polar surface area (TPSA) is 164 Å². The van der Waals surface area contributed by atoms with Crippen molar-refractivity contribution in [2.45, 2.75) is 49.4 Å². The fourth-order valence-corrected chi connectivity index (χ4v) is 3.51. The second-order valence-electron chi connectivity index (χ2n) is 6.65. The van der Waals surface area contributed by atoms with Crippen LogP contribution < -0.4 is 0 Å². The number of methoxy groups -OCH3 is 1. The van der Waals surface area contributed by atoms with Gasteiger partial charge < -0.3 is 49.2 Å². The van der Waals surface area contributed by atoms with Crippen LogP contribution >= 0.6 is 0 Å². The van der Waals surface area contributed by atoms with Crippen molar-refractivity contribution in [1.82, 2.24) is 0 Å². The summed E-state index contributed by atoms with van der Waals surface area (Å²) >= 11 is 0. The van der Waals surface area contributed by atoms with Gasteiger partial charge in [-0.1, -0.05) is 6.08 Å². The van der Waals surface area contributed by atoms with E-state index in [1.807, 2.05) is 0 Å². The van der Waals surface area contributed by atoms with Crippen molar-refractivity contribution in [3.8, 4) is 0 Å². The Morgan fingerprint density at radius 3 is 2.46 bits per heavy atom. The second-order valence-corrected chi connectivity index (χ2v) is 6.65. The zero-order valence-electron chi connectivity index (χ0n) is 15.1. The molecular weight excluding hydrogens is 380 g/mol. The first-order chi connectivity index (χ1) is 13.3. The Hall–Kier alpha value is -1.41. The summed E-state index contributed by atoms with van der Waals surface area (Å²) in [5.74, 6) is -1.53. The maximum Gasteiger partial charge on any atom is 0.339 e. The Labute approximate surface area is 160 Å². The molecule has 9 atom stereocenters. The van der Waals surface area contributed by atoms with Crippen LogP contribution in [0.3, 0.4) is 0 Å². The molecule has 11 nitrogen and oxygen atoms in total. The summed E-state index contributed by atoms with van der Waals surface area (Å²) in [5, 5.41) is 49.6. The van der Waals surface area contributed by atoms with Gasteiger partial charge in [0.25, 0.3) is 0 Å². The molecule has 0 aliphatic carbocycles. The summed E-state index contributed by atoms with van der Waals surface area (Å²) < 4.78 is 26.7. The third-order valence-electron chi connectivity index (χ3n) is 4.99. The summed E-state index contributed by atoms with van der Waals surface area (Å²) in [5.41, 5.74) is 0.249. The number of carbonyl (C=O) groups excluding carboxylic acids is 1. The predicted octanol–water partition coefficient (Wildman–Crippen LogP) is -2.85. The second kappa shape index (κ2) is 8.53. The van der Waals surface area contributed by atoms with E-state index in [9.17, 15) is 30.3 Å². The molecule has 28 heavy (non-hydrogen) atoms. The zero-order valence-corrected chi connectivity index (χ0v) is 15.1. The summed E-state index contributed by atoms with van der Waals surface area (Å²) in [6.45, 7) is 2.79. The summed E-state index contributed by atoms with van der Waals surface area (Å²) in [6, 6.07) is 0. The first-order valence-electron chi connectivity index (χ1n) is 8.69. The van der Waals surface area contributed by atoms with Gasteiger partial charge in [-0.2, -0.15) is 0 Å². The van der Waals surface area contributed by atoms with Crippen molar-refractivity contribution < 1.29 is 54.0 Å². The monoisotopic (exact) mass is 404 g/mol. The van der Waals surface area contributed by atoms with Crippen LogP contribution in [0.2, 0.25) is 0 Å². The summed E-state index contributed by atoms with van der Waals surface area (Å²) in [6.07, 6.45) is -9.66. The van der Waals surface area contributed by atoms with Crippen molar-refractivity contribution in [2.75, 3.05) is 20.3 Å². The van der Waals surface area contributed by atoms with Gasteiger partial charge in [0.15, 0.2) is 18.9 Å². The zero-order chi connectivity index (χ0) is 20.6. The van der Waals surface area contributed by atoms with Gasteiger partial charge in [0.2, 0.25) is 0 Å². The number of carbonyl (C=O) groups is 1. The van der Waals surface area contributed by atoms with Crippen molar-refractivity contribution >= 4 is 5.97 Å². The van der Waals surface area contributed by atoms with Crippen LogP contribution in [0, 0.1) is 5.92 Å². The number of hydrogen-bond acceptors (Lipinski definition) is 11. The minimum absolute atomic E-state index is 0.000183. The average molecular weight is 404 g/mol. The number of ether oxygens (including phenoxy) is 5. The van der Waals surface area contributed by atoms with Gasteiger partial charge >= 0.3 is 5.97 Å². The normalized spacial score (nSPS) is 44.1. The first kappa shape index (κ1) is 21.3. The average Bonchev–Trinajstić information content (AvgIpc) is 2.70. The minimum atomic E-state index is -1.65. The number of aliphatic hydroxyl groups excluding tert-OH is 5. The standard InChI is InChI=1S/C17H24O11/c1-3-6-9-7(19)5-25-14(23)10(9)16(24-2)27-15(6)28-17-13(22)12(21)11(20)8(4-18)26-17/h3,6-8,11-13,15-22H,1,4-5H2,2H3. The molecule has 5 N–H and O–H groups in total. The number of aliphatic hydroxyl groups is 5. The van der Waals surface area contributed by atoms with Crippen molar-refractivity contribution in [2.24, 2.45) is 5.92 Å². The molecule has 11 heteroatoms. The fourth-order valence-electron chi connectivity index (χ4n) is 3.51. The van der Waals surface area contributed by atoms with E-state index in [-0.39, 0.29) is 17.8 Å². The van der Waals surface area contributed by atoms with Gasteiger partial charge in [0, 0.05) is 7.11 Å². The third-order valence-corrected chi connectivity index (χ3v) is 4.99. The van der Waals surface area contributed by atoms with Crippen LogP contribution in [-0.2, 0) is 28.5 Å². The molecule has 1 fully saturated rings. The van der Waals surface area contributed by atoms with Gasteiger partial charge in [0.05, 0.1) is 18.1 Å². The molecule has 0 bridgehead atoms. The molecule has 3 heterocycles. The molecule has 0 aromatic rings. The van der Waals surface area contributed by atoms with E-state index in [0.717, 1.165) is 0 Å². The van der Waals surface area contributed by atoms with Crippen LogP contribution in [0.4, 0.5) is 0 Å². The maximum absolute atomic E-state index is 12.1. The Morgan fingerprint density at radius 2 is 1.86 bits per heavy atom. The van der Waals surface area contributed by atoms with Crippen LogP contribution in [-0.4, -0.2) is 101 Å². The van der Waals surface area contributed by atoms with Gasteiger partial charge in [-0.25, -0.2) is 4.79 Å². The van der Waals surface area contributed by atoms with Gasteiger partial charge in [-0.05, 0) is 5.57 Å². The van der Waals surface area contributed by atoms with Crippen LogP contribution in [0.5, 0.6) is 0 Å². The number of rotatable bonds is 5. The highest BCUT2D eigenvalue weighted by Crippen LogP contribution is 2.39. The molecular formula is C17H24O11. The molecule has 3 aliphatic heterocycles.